The molecule has 0 saturated carbocycles. The Morgan fingerprint density at radius 2 is 1.38 bits per heavy atom. The van der Waals surface area contributed by atoms with E-state index in [4.69, 9.17) is 11.6 Å². The third kappa shape index (κ3) is 5.25. The number of halogens is 1. The molecule has 0 spiro atoms. The quantitative estimate of drug-likeness (QED) is 0.347. The molecule has 8 heavy (non-hydrogen) atoms. The second kappa shape index (κ2) is 4.01. The molecule has 0 atom stereocenters. The minimum Gasteiger partial charge on any atom is -0.348 e. The molecule has 0 bridgehead atoms. The molecule has 0 aliphatic rings. The van der Waals surface area contributed by atoms with Crippen molar-refractivity contribution in [1.82, 2.24) is 0 Å². The van der Waals surface area contributed by atoms with E-state index in [1.165, 1.54) is 0 Å². The summed E-state index contributed by atoms with van der Waals surface area (Å²) in [6, 6.07) is 0. The van der Waals surface area contributed by atoms with E-state index in [0.29, 0.717) is 0 Å². The van der Waals surface area contributed by atoms with Crippen LogP contribution in [-0.2, 0) is 0 Å². The fourth-order valence-electron chi connectivity index (χ4n) is 0. The molecule has 3 heteroatoms. The molecular weight excluding hydrogens is 131 g/mol. The first-order valence-electron chi connectivity index (χ1n) is 2.44. The van der Waals surface area contributed by atoms with Crippen LogP contribution in [0, 0.1) is 5.00 Å². The van der Waals surface area contributed by atoms with Crippen molar-refractivity contribution in [2.24, 2.45) is 0 Å². The molecule has 0 heterocycles. The molecular formula is C5H12ClLiSi. The van der Waals surface area contributed by atoms with Gasteiger partial charge in [-0.15, -0.1) is 0 Å². The fraction of sp³-hybridized carbons (Fsp3) is 0.800. The molecule has 0 aromatic heterocycles. The maximum atomic E-state index is 5.73. The van der Waals surface area contributed by atoms with Gasteiger partial charge in [0.2, 0.25) is 0 Å². The van der Waals surface area contributed by atoms with Gasteiger partial charge < -0.3 is 11.6 Å². The molecule has 0 aliphatic heterocycles. The number of rotatable bonds is 1. The van der Waals surface area contributed by atoms with Gasteiger partial charge in [-0.1, -0.05) is 27.7 Å². The van der Waals surface area contributed by atoms with Crippen LogP contribution in [-0.4, -0.2) is 8.07 Å². The summed E-state index contributed by atoms with van der Waals surface area (Å²) in [5.41, 5.74) is 0. The molecule has 0 aromatic carbocycles. The van der Waals surface area contributed by atoms with Crippen LogP contribution >= 0.6 is 11.6 Å². The van der Waals surface area contributed by atoms with Crippen molar-refractivity contribution >= 4 is 19.7 Å². The SMILES string of the molecule is C[C-](Cl)[Si](C)(C)C.[Li+]. The first kappa shape index (κ1) is 11.8. The summed E-state index contributed by atoms with van der Waals surface area (Å²) in [4.78, 5) is 0. The zero-order chi connectivity index (χ0) is 6.08. The average molecular weight is 143 g/mol. The maximum Gasteiger partial charge on any atom is 1.00 e. The van der Waals surface area contributed by atoms with Gasteiger partial charge in [-0.25, -0.2) is 5.00 Å². The van der Waals surface area contributed by atoms with Crippen LogP contribution in [0.15, 0.2) is 0 Å². The van der Waals surface area contributed by atoms with Gasteiger partial charge in [-0.2, -0.15) is 6.92 Å². The first-order valence-corrected chi connectivity index (χ1v) is 6.32. The third-order valence-corrected chi connectivity index (χ3v) is 4.80. The van der Waals surface area contributed by atoms with Gasteiger partial charge in [0, 0.05) is 0 Å². The Balaban J connectivity index is 0. The van der Waals surface area contributed by atoms with Crippen LogP contribution < -0.4 is 18.9 Å². The van der Waals surface area contributed by atoms with Crippen LogP contribution in [0.1, 0.15) is 6.92 Å². The van der Waals surface area contributed by atoms with Crippen molar-refractivity contribution in [3.05, 3.63) is 5.00 Å². The largest absolute Gasteiger partial charge is 1.00 e. The van der Waals surface area contributed by atoms with Gasteiger partial charge in [-0.3, -0.25) is 0 Å². The minimum absolute atomic E-state index is 0. The number of hydrogen-bond donors (Lipinski definition) is 0. The summed E-state index contributed by atoms with van der Waals surface area (Å²) < 4.78 is 0. The van der Waals surface area contributed by atoms with Crippen molar-refractivity contribution in [3.63, 3.8) is 0 Å². The molecule has 0 nitrogen and oxygen atoms in total. The van der Waals surface area contributed by atoms with Crippen molar-refractivity contribution in [2.75, 3.05) is 0 Å². The molecule has 0 aromatic rings. The molecule has 0 N–H and O–H groups in total. The molecule has 0 rings (SSSR count). The summed E-state index contributed by atoms with van der Waals surface area (Å²) in [6.45, 7) is 8.69. The van der Waals surface area contributed by atoms with E-state index in [0.717, 1.165) is 5.00 Å². The van der Waals surface area contributed by atoms with Crippen molar-refractivity contribution in [3.8, 4) is 0 Å². The minimum atomic E-state index is -1.05. The van der Waals surface area contributed by atoms with Crippen LogP contribution in [0.3, 0.4) is 0 Å². The standard InChI is InChI=1S/C5H12ClSi.Li/c1-5(6)7(2,3)4;/h1-4H3;/q-1;+1. The van der Waals surface area contributed by atoms with Crippen molar-refractivity contribution < 1.29 is 18.9 Å². The van der Waals surface area contributed by atoms with E-state index in [1.807, 2.05) is 6.92 Å². The summed E-state index contributed by atoms with van der Waals surface area (Å²) >= 11 is 5.73. The Labute approximate surface area is 70.2 Å². The molecule has 0 aliphatic carbocycles. The van der Waals surface area contributed by atoms with Crippen LogP contribution in [0.25, 0.3) is 0 Å². The summed E-state index contributed by atoms with van der Waals surface area (Å²) in [7, 11) is -1.05. The second-order valence-electron chi connectivity index (χ2n) is 2.78. The van der Waals surface area contributed by atoms with Crippen LogP contribution in [0.2, 0.25) is 19.6 Å². The topological polar surface area (TPSA) is 0 Å². The van der Waals surface area contributed by atoms with Crippen molar-refractivity contribution in [1.29, 1.82) is 0 Å². The maximum absolute atomic E-state index is 5.73. The Hall–Kier alpha value is 1.10. The molecule has 0 amide bonds. The van der Waals surface area contributed by atoms with Gasteiger partial charge in [0.15, 0.2) is 0 Å². The first-order chi connectivity index (χ1) is 2.94. The normalized spacial score (nSPS) is 11.2. The van der Waals surface area contributed by atoms with E-state index >= 15 is 0 Å². The predicted octanol–water partition coefficient (Wildman–Crippen LogP) is -0.342. The van der Waals surface area contributed by atoms with Gasteiger partial charge in [0.05, 0.1) is 0 Å². The van der Waals surface area contributed by atoms with E-state index in [2.05, 4.69) is 19.6 Å². The summed E-state index contributed by atoms with van der Waals surface area (Å²) in [6.07, 6.45) is 0. The van der Waals surface area contributed by atoms with E-state index in [1.54, 1.807) is 0 Å². The van der Waals surface area contributed by atoms with Gasteiger partial charge in [0.25, 0.3) is 0 Å². The molecule has 0 unspecified atom stereocenters. The predicted molar refractivity (Wildman–Crippen MR) is 38.1 cm³/mol. The average Bonchev–Trinajstić information content (AvgIpc) is 1.31. The molecule has 0 fully saturated rings. The zero-order valence-electron chi connectivity index (χ0n) is 6.38. The monoisotopic (exact) mass is 142 g/mol. The Bertz CT molecular complexity index is 57.9. The smallest absolute Gasteiger partial charge is 0.348 e. The van der Waals surface area contributed by atoms with E-state index < -0.39 is 8.07 Å². The van der Waals surface area contributed by atoms with E-state index in [-0.39, 0.29) is 18.9 Å². The zero-order valence-corrected chi connectivity index (χ0v) is 8.13. The van der Waals surface area contributed by atoms with E-state index in [9.17, 15) is 0 Å². The number of hydrogen-bond acceptors (Lipinski definition) is 0. The Morgan fingerprint density at radius 3 is 1.38 bits per heavy atom. The molecule has 44 valence electrons. The van der Waals surface area contributed by atoms with Gasteiger partial charge >= 0.3 is 18.9 Å². The molecule has 0 saturated heterocycles. The Morgan fingerprint density at radius 1 is 1.25 bits per heavy atom. The van der Waals surface area contributed by atoms with Crippen LogP contribution in [0.4, 0.5) is 0 Å². The Kier molecular flexibility index (Phi) is 5.93. The van der Waals surface area contributed by atoms with Crippen LogP contribution in [0.5, 0.6) is 0 Å². The van der Waals surface area contributed by atoms with Gasteiger partial charge in [-0.05, 0) is 0 Å². The second-order valence-corrected chi connectivity index (χ2v) is 8.92. The summed E-state index contributed by atoms with van der Waals surface area (Å²) in [5, 5.41) is 1.10. The third-order valence-electron chi connectivity index (χ3n) is 1.03. The fourth-order valence-corrected chi connectivity index (χ4v) is 0. The summed E-state index contributed by atoms with van der Waals surface area (Å²) in [5.74, 6) is 0. The van der Waals surface area contributed by atoms with Gasteiger partial charge in [0.1, 0.15) is 0 Å². The van der Waals surface area contributed by atoms with Crippen molar-refractivity contribution in [2.45, 2.75) is 26.6 Å². The molecule has 0 radical (unpaired) electrons.